The van der Waals surface area contributed by atoms with Crippen LogP contribution in [0.25, 0.3) is 0 Å². The second-order valence-electron chi connectivity index (χ2n) is 2.08. The lowest BCUT2D eigenvalue weighted by Gasteiger charge is -2.07. The second-order valence-corrected chi connectivity index (χ2v) is 2.99. The number of hydrogen-bond donors (Lipinski definition) is 0. The first-order valence-corrected chi connectivity index (χ1v) is 4.37. The Labute approximate surface area is 77.0 Å². The van der Waals surface area contributed by atoms with Gasteiger partial charge < -0.3 is 9.29 Å². The number of pyridine rings is 1. The lowest BCUT2D eigenvalue weighted by atomic mass is 10.3. The average molecular weight is 200 g/mol. The molecule has 0 aliphatic heterocycles. The molecule has 0 saturated heterocycles. The van der Waals surface area contributed by atoms with Crippen molar-refractivity contribution in [2.45, 2.75) is 4.90 Å². The van der Waals surface area contributed by atoms with Crippen LogP contribution in [0.1, 0.15) is 10.5 Å². The molecule has 0 fully saturated rings. The number of esters is 1. The molecule has 1 aromatic heterocycles. The molecule has 1 atom stereocenters. The topological polar surface area (TPSA) is 79.3 Å². The summed E-state index contributed by atoms with van der Waals surface area (Å²) in [5.74, 6) is -0.764. The maximum atomic E-state index is 11.0. The summed E-state index contributed by atoms with van der Waals surface area (Å²) < 4.78 is 25.5. The Kier molecular flexibility index (Phi) is 3.10. The minimum atomic E-state index is -2.48. The Morgan fingerprint density at radius 1 is 1.69 bits per heavy atom. The third-order valence-corrected chi connectivity index (χ3v) is 2.02. The van der Waals surface area contributed by atoms with Gasteiger partial charge >= 0.3 is 5.97 Å². The molecule has 0 aliphatic carbocycles. The highest BCUT2D eigenvalue weighted by molar-refractivity contribution is 7.79. The molecule has 1 unspecified atom stereocenters. The van der Waals surface area contributed by atoms with Gasteiger partial charge in [0.05, 0.1) is 12.0 Å². The van der Waals surface area contributed by atoms with Crippen LogP contribution in [0.4, 0.5) is 0 Å². The Morgan fingerprint density at radius 2 is 2.38 bits per heavy atom. The summed E-state index contributed by atoms with van der Waals surface area (Å²) in [5, 5.41) is 0. The van der Waals surface area contributed by atoms with Gasteiger partial charge in [-0.05, 0) is 23.2 Å². The molecular weight excluding hydrogens is 194 g/mol. The van der Waals surface area contributed by atoms with E-state index in [2.05, 4.69) is 9.72 Å². The van der Waals surface area contributed by atoms with E-state index in [0.717, 1.165) is 7.11 Å². The van der Waals surface area contributed by atoms with Crippen molar-refractivity contribution in [1.82, 2.24) is 4.98 Å². The number of carbonyl (C=O) groups is 1. The Bertz CT molecular complexity index is 352. The summed E-state index contributed by atoms with van der Waals surface area (Å²) in [4.78, 5) is 14.4. The van der Waals surface area contributed by atoms with Crippen LogP contribution in [0.3, 0.4) is 0 Å². The highest BCUT2D eigenvalue weighted by Crippen LogP contribution is 2.09. The van der Waals surface area contributed by atoms with E-state index in [1.54, 1.807) is 0 Å². The van der Waals surface area contributed by atoms with Crippen LogP contribution >= 0.6 is 0 Å². The molecule has 0 N–H and O–H groups in total. The Morgan fingerprint density at radius 3 is 2.92 bits per heavy atom. The summed E-state index contributed by atoms with van der Waals surface area (Å²) in [6.45, 7) is 0. The van der Waals surface area contributed by atoms with Gasteiger partial charge in [-0.15, -0.1) is 0 Å². The zero-order chi connectivity index (χ0) is 9.84. The molecule has 0 bridgehead atoms. The van der Waals surface area contributed by atoms with E-state index in [1.165, 1.54) is 18.3 Å². The molecule has 5 nitrogen and oxygen atoms in total. The van der Waals surface area contributed by atoms with E-state index in [-0.39, 0.29) is 10.6 Å². The number of nitrogens with zero attached hydrogens (tertiary/aromatic N) is 1. The lowest BCUT2D eigenvalue weighted by molar-refractivity contribution is 0.0589. The van der Waals surface area contributed by atoms with Gasteiger partial charge in [0.15, 0.2) is 5.69 Å². The molecule has 1 heterocycles. The number of carbonyl (C=O) groups excluding carboxylic acids is 1. The standard InChI is InChI=1S/C7H7NO4S/c1-12-7(9)6-5(13(10)11)3-2-4-8-6/h2-4H,1H3,(H,10,11)/p-1. The van der Waals surface area contributed by atoms with Gasteiger partial charge in [-0.2, -0.15) is 0 Å². The molecule has 0 spiro atoms. The summed E-state index contributed by atoms with van der Waals surface area (Å²) in [7, 11) is 1.16. The van der Waals surface area contributed by atoms with Crippen molar-refractivity contribution in [3.63, 3.8) is 0 Å². The van der Waals surface area contributed by atoms with Crippen LogP contribution in [0.5, 0.6) is 0 Å². The van der Waals surface area contributed by atoms with Crippen molar-refractivity contribution in [1.29, 1.82) is 0 Å². The maximum absolute atomic E-state index is 11.0. The minimum absolute atomic E-state index is 0.158. The van der Waals surface area contributed by atoms with E-state index >= 15 is 0 Å². The second kappa shape index (κ2) is 4.11. The van der Waals surface area contributed by atoms with Gasteiger partial charge in [-0.1, -0.05) is 0 Å². The van der Waals surface area contributed by atoms with Crippen LogP contribution in [-0.2, 0) is 15.8 Å². The van der Waals surface area contributed by atoms with Gasteiger partial charge in [0.1, 0.15) is 0 Å². The summed E-state index contributed by atoms with van der Waals surface area (Å²) in [6, 6.07) is 2.71. The van der Waals surface area contributed by atoms with E-state index < -0.39 is 17.0 Å². The fourth-order valence-corrected chi connectivity index (χ4v) is 1.26. The predicted octanol–water partition coefficient (Wildman–Crippen LogP) is 0.106. The zero-order valence-corrected chi connectivity index (χ0v) is 7.54. The largest absolute Gasteiger partial charge is 0.768 e. The normalized spacial score (nSPS) is 12.2. The van der Waals surface area contributed by atoms with Crippen molar-refractivity contribution < 1.29 is 18.3 Å². The lowest BCUT2D eigenvalue weighted by Crippen LogP contribution is -2.08. The number of rotatable bonds is 2. The Balaban J connectivity index is 3.19. The monoisotopic (exact) mass is 200 g/mol. The third kappa shape index (κ3) is 2.10. The highest BCUT2D eigenvalue weighted by Gasteiger charge is 2.12. The molecule has 0 radical (unpaired) electrons. The first kappa shape index (κ1) is 9.82. The van der Waals surface area contributed by atoms with Crippen LogP contribution in [-0.4, -0.2) is 26.8 Å². The van der Waals surface area contributed by atoms with Crippen molar-refractivity contribution in [2.24, 2.45) is 0 Å². The van der Waals surface area contributed by atoms with Crippen molar-refractivity contribution in [3.8, 4) is 0 Å². The van der Waals surface area contributed by atoms with E-state index in [0.29, 0.717) is 0 Å². The highest BCUT2D eigenvalue weighted by atomic mass is 32.2. The van der Waals surface area contributed by atoms with Gasteiger partial charge in [0, 0.05) is 6.20 Å². The van der Waals surface area contributed by atoms with E-state index in [1.807, 2.05) is 0 Å². The average Bonchev–Trinajstić information content (AvgIpc) is 2.16. The molecule has 6 heteroatoms. The zero-order valence-electron chi connectivity index (χ0n) is 6.72. The number of ether oxygens (including phenoxy) is 1. The van der Waals surface area contributed by atoms with Crippen molar-refractivity contribution in [3.05, 3.63) is 24.0 Å². The first-order chi connectivity index (χ1) is 6.16. The SMILES string of the molecule is COC(=O)c1ncccc1S(=O)[O-]. The van der Waals surface area contributed by atoms with Gasteiger partial charge in [-0.25, -0.2) is 9.78 Å². The van der Waals surface area contributed by atoms with E-state index in [4.69, 9.17) is 0 Å². The summed E-state index contributed by atoms with van der Waals surface area (Å²) in [5.41, 5.74) is -0.196. The summed E-state index contributed by atoms with van der Waals surface area (Å²) >= 11 is -2.48. The maximum Gasteiger partial charge on any atom is 0.357 e. The summed E-state index contributed by atoms with van der Waals surface area (Å²) in [6.07, 6.45) is 1.32. The van der Waals surface area contributed by atoms with Crippen LogP contribution < -0.4 is 0 Å². The molecule has 1 rings (SSSR count). The number of aromatic nitrogens is 1. The molecule has 0 saturated carbocycles. The van der Waals surface area contributed by atoms with Gasteiger partial charge in [0.25, 0.3) is 0 Å². The quantitative estimate of drug-likeness (QED) is 0.500. The number of hydrogen-bond acceptors (Lipinski definition) is 5. The predicted molar refractivity (Wildman–Crippen MR) is 42.8 cm³/mol. The molecule has 0 amide bonds. The van der Waals surface area contributed by atoms with Gasteiger partial charge in [-0.3, -0.25) is 4.21 Å². The molecule has 0 aromatic carbocycles. The molecule has 0 aliphatic rings. The first-order valence-electron chi connectivity index (χ1n) is 3.29. The van der Waals surface area contributed by atoms with Crippen LogP contribution in [0.15, 0.2) is 23.2 Å². The van der Waals surface area contributed by atoms with Crippen LogP contribution in [0, 0.1) is 0 Å². The van der Waals surface area contributed by atoms with E-state index in [9.17, 15) is 13.6 Å². The van der Waals surface area contributed by atoms with Crippen molar-refractivity contribution in [2.75, 3.05) is 7.11 Å². The molecule has 70 valence electrons. The smallest absolute Gasteiger partial charge is 0.357 e. The fraction of sp³-hybridized carbons (Fsp3) is 0.143. The van der Waals surface area contributed by atoms with Crippen LogP contribution in [0.2, 0.25) is 0 Å². The molecule has 13 heavy (non-hydrogen) atoms. The molecular formula is C7H6NO4S-. The third-order valence-electron chi connectivity index (χ3n) is 1.33. The van der Waals surface area contributed by atoms with Gasteiger partial charge in [0.2, 0.25) is 0 Å². The minimum Gasteiger partial charge on any atom is -0.768 e. The fourth-order valence-electron chi connectivity index (χ4n) is 0.775. The van der Waals surface area contributed by atoms with Crippen molar-refractivity contribution >= 4 is 17.0 Å². The number of methoxy groups -OCH3 is 1. The molecule has 1 aromatic rings. The Hall–Kier alpha value is -1.27.